The van der Waals surface area contributed by atoms with Crippen LogP contribution >= 0.6 is 0 Å². The Bertz CT molecular complexity index is 529. The van der Waals surface area contributed by atoms with Crippen molar-refractivity contribution in [1.29, 1.82) is 0 Å². The third-order valence-electron chi connectivity index (χ3n) is 4.15. The second kappa shape index (κ2) is 6.61. The summed E-state index contributed by atoms with van der Waals surface area (Å²) >= 11 is 0. The number of carboxylic acids is 1. The molecule has 0 heterocycles. The molecule has 1 unspecified atom stereocenters. The molecular formula is C16H21NO4. The van der Waals surface area contributed by atoms with Crippen molar-refractivity contribution in [2.45, 2.75) is 38.6 Å². The number of phenols is 1. The number of nitrogens with one attached hydrogen (secondary N) is 1. The zero-order chi connectivity index (χ0) is 15.4. The Balaban J connectivity index is 2.04. The molecule has 1 fully saturated rings. The van der Waals surface area contributed by atoms with E-state index in [0.717, 1.165) is 18.4 Å². The summed E-state index contributed by atoms with van der Waals surface area (Å²) in [4.78, 5) is 23.6. The first-order valence-corrected chi connectivity index (χ1v) is 7.31. The first-order valence-electron chi connectivity index (χ1n) is 7.31. The fourth-order valence-corrected chi connectivity index (χ4v) is 2.94. The van der Waals surface area contributed by atoms with Crippen LogP contribution in [0.3, 0.4) is 0 Å². The summed E-state index contributed by atoms with van der Waals surface area (Å²) in [6, 6.07) is 6.44. The van der Waals surface area contributed by atoms with Crippen molar-refractivity contribution < 1.29 is 19.8 Å². The smallest absolute Gasteiger partial charge is 0.307 e. The summed E-state index contributed by atoms with van der Waals surface area (Å²) in [5.74, 6) is -2.00. The van der Waals surface area contributed by atoms with Crippen LogP contribution in [0.4, 0.5) is 0 Å². The molecule has 114 valence electrons. The molecule has 1 saturated carbocycles. The fraction of sp³-hybridized carbons (Fsp3) is 0.500. The number of hydrogen-bond donors (Lipinski definition) is 3. The quantitative estimate of drug-likeness (QED) is 0.795. The number of aliphatic carboxylic acids is 1. The van der Waals surface area contributed by atoms with Crippen molar-refractivity contribution in [2.75, 3.05) is 0 Å². The van der Waals surface area contributed by atoms with Crippen molar-refractivity contribution in [3.05, 3.63) is 29.8 Å². The number of hydrogen-bond acceptors (Lipinski definition) is 3. The lowest BCUT2D eigenvalue weighted by Crippen LogP contribution is -2.40. The monoisotopic (exact) mass is 291 g/mol. The molecule has 0 saturated heterocycles. The highest BCUT2D eigenvalue weighted by Crippen LogP contribution is 2.31. The second-order valence-corrected chi connectivity index (χ2v) is 5.66. The summed E-state index contributed by atoms with van der Waals surface area (Å²) in [7, 11) is 0. The van der Waals surface area contributed by atoms with E-state index in [1.165, 1.54) is 0 Å². The molecule has 1 aliphatic carbocycles. The van der Waals surface area contributed by atoms with Gasteiger partial charge in [-0.1, -0.05) is 25.0 Å². The van der Waals surface area contributed by atoms with Crippen LogP contribution < -0.4 is 5.32 Å². The van der Waals surface area contributed by atoms with E-state index >= 15 is 0 Å². The molecule has 1 aromatic rings. The number of phenolic OH excluding ortho intramolecular Hbond substituents is 1. The van der Waals surface area contributed by atoms with E-state index in [2.05, 4.69) is 5.32 Å². The molecule has 0 aromatic heterocycles. The van der Waals surface area contributed by atoms with Gasteiger partial charge in [0, 0.05) is 0 Å². The molecule has 1 amide bonds. The van der Waals surface area contributed by atoms with Gasteiger partial charge in [-0.3, -0.25) is 9.59 Å². The minimum Gasteiger partial charge on any atom is -0.508 e. The van der Waals surface area contributed by atoms with Gasteiger partial charge < -0.3 is 15.5 Å². The molecule has 0 aliphatic heterocycles. The van der Waals surface area contributed by atoms with Gasteiger partial charge in [0.05, 0.1) is 17.9 Å². The van der Waals surface area contributed by atoms with Gasteiger partial charge in [-0.05, 0) is 37.5 Å². The third kappa shape index (κ3) is 3.74. The van der Waals surface area contributed by atoms with Gasteiger partial charge in [-0.2, -0.15) is 0 Å². The predicted molar refractivity (Wildman–Crippen MR) is 77.7 cm³/mol. The molecule has 5 heteroatoms. The van der Waals surface area contributed by atoms with Crippen molar-refractivity contribution >= 4 is 11.9 Å². The van der Waals surface area contributed by atoms with Crippen LogP contribution in [-0.4, -0.2) is 22.1 Å². The summed E-state index contributed by atoms with van der Waals surface area (Å²) in [6.45, 7) is 1.82. The van der Waals surface area contributed by atoms with Crippen LogP contribution in [0, 0.1) is 11.8 Å². The molecule has 5 nitrogen and oxygen atoms in total. The lowest BCUT2D eigenvalue weighted by Gasteiger charge is -2.28. The number of carboxylic acid groups (broad SMARTS) is 1. The molecule has 0 radical (unpaired) electrons. The van der Waals surface area contributed by atoms with E-state index in [0.29, 0.717) is 12.8 Å². The standard InChI is InChI=1S/C16H21NO4/c1-10(11-5-4-6-12(18)9-11)17-15(19)13-7-2-3-8-14(13)16(20)21/h4-6,9-10,13-14,18H,2-3,7-8H2,1H3,(H,17,19)(H,20,21)/t10?,13-,14+/m1/s1. The van der Waals surface area contributed by atoms with E-state index in [1.807, 2.05) is 13.0 Å². The highest BCUT2D eigenvalue weighted by Gasteiger charge is 2.36. The van der Waals surface area contributed by atoms with Gasteiger partial charge in [0.25, 0.3) is 0 Å². The summed E-state index contributed by atoms with van der Waals surface area (Å²) in [6.07, 6.45) is 2.94. The Morgan fingerprint density at radius 1 is 1.24 bits per heavy atom. The van der Waals surface area contributed by atoms with Crippen LogP contribution in [0.15, 0.2) is 24.3 Å². The van der Waals surface area contributed by atoms with Gasteiger partial charge >= 0.3 is 5.97 Å². The topological polar surface area (TPSA) is 86.6 Å². The molecule has 1 aliphatic rings. The summed E-state index contributed by atoms with van der Waals surface area (Å²) < 4.78 is 0. The molecule has 3 N–H and O–H groups in total. The highest BCUT2D eigenvalue weighted by molar-refractivity contribution is 5.85. The summed E-state index contributed by atoms with van der Waals surface area (Å²) in [5.41, 5.74) is 0.797. The van der Waals surface area contributed by atoms with Crippen LogP contribution in [0.25, 0.3) is 0 Å². The number of rotatable bonds is 4. The molecule has 0 bridgehead atoms. The van der Waals surface area contributed by atoms with Gasteiger partial charge in [0.2, 0.25) is 5.91 Å². The van der Waals surface area contributed by atoms with E-state index in [9.17, 15) is 19.8 Å². The van der Waals surface area contributed by atoms with E-state index in [4.69, 9.17) is 0 Å². The molecular weight excluding hydrogens is 270 g/mol. The van der Waals surface area contributed by atoms with Gasteiger partial charge in [0.15, 0.2) is 0 Å². The molecule has 0 spiro atoms. The Labute approximate surface area is 124 Å². The van der Waals surface area contributed by atoms with E-state index in [-0.39, 0.29) is 17.7 Å². The van der Waals surface area contributed by atoms with Crippen LogP contribution in [-0.2, 0) is 9.59 Å². The fourth-order valence-electron chi connectivity index (χ4n) is 2.94. The number of aromatic hydroxyl groups is 1. The largest absolute Gasteiger partial charge is 0.508 e. The number of carbonyl (C=O) groups excluding carboxylic acids is 1. The zero-order valence-electron chi connectivity index (χ0n) is 12.1. The maximum Gasteiger partial charge on any atom is 0.307 e. The van der Waals surface area contributed by atoms with Gasteiger partial charge in [-0.15, -0.1) is 0 Å². The zero-order valence-corrected chi connectivity index (χ0v) is 12.1. The highest BCUT2D eigenvalue weighted by atomic mass is 16.4. The average Bonchev–Trinajstić information content (AvgIpc) is 2.47. The number of benzene rings is 1. The Kier molecular flexibility index (Phi) is 4.83. The SMILES string of the molecule is CC(NC(=O)[C@@H]1CCCC[C@@H]1C(=O)O)c1cccc(O)c1. The first-order chi connectivity index (χ1) is 9.99. The van der Waals surface area contributed by atoms with Crippen molar-refractivity contribution in [3.8, 4) is 5.75 Å². The Hall–Kier alpha value is -2.04. The average molecular weight is 291 g/mol. The second-order valence-electron chi connectivity index (χ2n) is 5.66. The first kappa shape index (κ1) is 15.4. The summed E-state index contributed by atoms with van der Waals surface area (Å²) in [5, 5.41) is 21.6. The molecule has 2 rings (SSSR count). The normalized spacial score (nSPS) is 23.3. The van der Waals surface area contributed by atoms with Crippen molar-refractivity contribution in [3.63, 3.8) is 0 Å². The van der Waals surface area contributed by atoms with Crippen molar-refractivity contribution in [2.24, 2.45) is 11.8 Å². The van der Waals surface area contributed by atoms with E-state index < -0.39 is 17.8 Å². The maximum absolute atomic E-state index is 12.3. The maximum atomic E-state index is 12.3. The van der Waals surface area contributed by atoms with Crippen LogP contribution in [0.5, 0.6) is 5.75 Å². The lowest BCUT2D eigenvalue weighted by atomic mass is 9.78. The minimum absolute atomic E-state index is 0.148. The lowest BCUT2D eigenvalue weighted by molar-refractivity contribution is -0.149. The van der Waals surface area contributed by atoms with Gasteiger partial charge in [0.1, 0.15) is 5.75 Å². The van der Waals surface area contributed by atoms with E-state index in [1.54, 1.807) is 18.2 Å². The Morgan fingerprint density at radius 3 is 2.52 bits per heavy atom. The number of carbonyl (C=O) groups is 2. The van der Waals surface area contributed by atoms with Crippen molar-refractivity contribution in [1.82, 2.24) is 5.32 Å². The molecule has 21 heavy (non-hydrogen) atoms. The molecule has 1 aromatic carbocycles. The molecule has 3 atom stereocenters. The Morgan fingerprint density at radius 2 is 1.90 bits per heavy atom. The van der Waals surface area contributed by atoms with Crippen LogP contribution in [0.2, 0.25) is 0 Å². The number of amides is 1. The predicted octanol–water partition coefficient (Wildman–Crippen LogP) is 2.46. The minimum atomic E-state index is -0.889. The van der Waals surface area contributed by atoms with Gasteiger partial charge in [-0.25, -0.2) is 0 Å². The third-order valence-corrected chi connectivity index (χ3v) is 4.15. The van der Waals surface area contributed by atoms with Crippen LogP contribution in [0.1, 0.15) is 44.2 Å².